The third-order valence-corrected chi connectivity index (χ3v) is 6.91. The summed E-state index contributed by atoms with van der Waals surface area (Å²) in [4.78, 5) is 20.3. The van der Waals surface area contributed by atoms with Crippen LogP contribution < -0.4 is 9.64 Å². The Balaban J connectivity index is 1.38. The zero-order valence-corrected chi connectivity index (χ0v) is 21.6. The normalized spacial score (nSPS) is 15.5. The molecule has 0 unspecified atom stereocenters. The first kappa shape index (κ1) is 25.1. The van der Waals surface area contributed by atoms with Gasteiger partial charge in [-0.3, -0.25) is 9.69 Å². The number of halogens is 3. The number of ether oxygens (including phenoxy) is 1. The molecule has 0 bridgehead atoms. The van der Waals surface area contributed by atoms with Crippen LogP contribution in [0.5, 0.6) is 5.75 Å². The van der Waals surface area contributed by atoms with E-state index < -0.39 is 0 Å². The number of hydrogen-bond acceptors (Lipinski definition) is 4. The predicted octanol–water partition coefficient (Wildman–Crippen LogP) is 8.52. The van der Waals surface area contributed by atoms with Gasteiger partial charge in [0.1, 0.15) is 18.2 Å². The monoisotopic (exact) mass is 548 g/mol. The summed E-state index contributed by atoms with van der Waals surface area (Å²) in [7, 11) is 0. The number of rotatable bonds is 6. The van der Waals surface area contributed by atoms with Crippen LogP contribution in [0.1, 0.15) is 11.1 Å². The highest BCUT2D eigenvalue weighted by Crippen LogP contribution is 2.38. The van der Waals surface area contributed by atoms with E-state index in [-0.39, 0.29) is 11.7 Å². The molecule has 1 aliphatic heterocycles. The number of amidine groups is 1. The first-order valence-corrected chi connectivity index (χ1v) is 12.8. The molecule has 184 valence electrons. The molecule has 4 nitrogen and oxygen atoms in total. The van der Waals surface area contributed by atoms with Gasteiger partial charge in [-0.2, -0.15) is 0 Å². The van der Waals surface area contributed by atoms with Crippen LogP contribution >= 0.6 is 35.0 Å². The van der Waals surface area contributed by atoms with E-state index in [9.17, 15) is 9.18 Å². The topological polar surface area (TPSA) is 41.9 Å². The van der Waals surface area contributed by atoms with Crippen molar-refractivity contribution in [1.29, 1.82) is 0 Å². The minimum atomic E-state index is -0.281. The molecule has 1 fully saturated rings. The van der Waals surface area contributed by atoms with Gasteiger partial charge in [-0.05, 0) is 102 Å². The summed E-state index contributed by atoms with van der Waals surface area (Å²) in [6.07, 6.45) is 1.82. The molecule has 5 rings (SSSR count). The number of aliphatic imine (C=N–C) groups is 1. The Kier molecular flexibility index (Phi) is 7.60. The Hall–Kier alpha value is -3.58. The molecular formula is C29H19Cl2FN2O2S. The minimum Gasteiger partial charge on any atom is -0.489 e. The van der Waals surface area contributed by atoms with Crippen molar-refractivity contribution in [2.45, 2.75) is 6.61 Å². The SMILES string of the molecule is O=C1/C(=C/c2ccc(OCc3ccc(F)cc3)cc2)SC(=Nc2ccc(Cl)cc2)N1c1ccc(Cl)cc1. The maximum Gasteiger partial charge on any atom is 0.271 e. The fourth-order valence-electron chi connectivity index (χ4n) is 3.55. The molecule has 0 spiro atoms. The van der Waals surface area contributed by atoms with E-state index in [4.69, 9.17) is 32.9 Å². The first-order chi connectivity index (χ1) is 17.9. The Morgan fingerprint density at radius 2 is 1.46 bits per heavy atom. The summed E-state index contributed by atoms with van der Waals surface area (Å²) >= 11 is 13.4. The molecule has 8 heteroatoms. The number of carbonyl (C=O) groups excluding carboxylic acids is 1. The third-order valence-electron chi connectivity index (χ3n) is 5.44. The van der Waals surface area contributed by atoms with Crippen molar-refractivity contribution in [3.05, 3.63) is 129 Å². The summed E-state index contributed by atoms with van der Waals surface area (Å²) in [6, 6.07) is 27.8. The maximum atomic E-state index is 13.5. The van der Waals surface area contributed by atoms with Crippen molar-refractivity contribution >= 4 is 63.5 Å². The average Bonchev–Trinajstić information content (AvgIpc) is 3.20. The van der Waals surface area contributed by atoms with Gasteiger partial charge in [0.2, 0.25) is 0 Å². The Labute approximate surface area is 228 Å². The van der Waals surface area contributed by atoms with E-state index in [1.807, 2.05) is 30.3 Å². The van der Waals surface area contributed by atoms with Crippen LogP contribution in [0.25, 0.3) is 6.08 Å². The highest BCUT2D eigenvalue weighted by atomic mass is 35.5. The van der Waals surface area contributed by atoms with E-state index in [2.05, 4.69) is 0 Å². The second kappa shape index (κ2) is 11.2. The van der Waals surface area contributed by atoms with Gasteiger partial charge in [0.15, 0.2) is 5.17 Å². The molecule has 0 N–H and O–H groups in total. The second-order valence-electron chi connectivity index (χ2n) is 8.08. The van der Waals surface area contributed by atoms with Crippen LogP contribution in [0.3, 0.4) is 0 Å². The van der Waals surface area contributed by atoms with Gasteiger partial charge in [0, 0.05) is 10.0 Å². The van der Waals surface area contributed by atoms with Gasteiger partial charge in [-0.25, -0.2) is 9.38 Å². The maximum absolute atomic E-state index is 13.5. The standard InChI is InChI=1S/C29H19Cl2FN2O2S/c30-21-5-11-24(12-6-21)33-29-34(25-13-7-22(31)8-14-25)28(35)27(37-29)17-19-3-15-26(16-4-19)36-18-20-1-9-23(32)10-2-20/h1-17H,18H2/b27-17-,33-29?. The van der Waals surface area contributed by atoms with Crippen molar-refractivity contribution in [2.75, 3.05) is 4.90 Å². The second-order valence-corrected chi connectivity index (χ2v) is 9.96. The fourth-order valence-corrected chi connectivity index (χ4v) is 4.80. The van der Waals surface area contributed by atoms with Gasteiger partial charge in [0.05, 0.1) is 16.3 Å². The molecule has 0 saturated carbocycles. The molecule has 0 atom stereocenters. The Morgan fingerprint density at radius 3 is 2.11 bits per heavy atom. The highest BCUT2D eigenvalue weighted by Gasteiger charge is 2.34. The largest absolute Gasteiger partial charge is 0.489 e. The molecule has 1 aliphatic rings. The molecular weight excluding hydrogens is 530 g/mol. The molecule has 37 heavy (non-hydrogen) atoms. The lowest BCUT2D eigenvalue weighted by atomic mass is 10.2. The van der Waals surface area contributed by atoms with Gasteiger partial charge < -0.3 is 4.74 Å². The molecule has 1 heterocycles. The van der Waals surface area contributed by atoms with Crippen molar-refractivity contribution in [3.8, 4) is 5.75 Å². The Bertz CT molecular complexity index is 1470. The molecule has 1 saturated heterocycles. The number of nitrogens with zero attached hydrogens (tertiary/aromatic N) is 2. The number of amides is 1. The van der Waals surface area contributed by atoms with Crippen LogP contribution in [0.4, 0.5) is 15.8 Å². The quantitative estimate of drug-likeness (QED) is 0.227. The third kappa shape index (κ3) is 6.23. The van der Waals surface area contributed by atoms with Crippen molar-refractivity contribution < 1.29 is 13.9 Å². The van der Waals surface area contributed by atoms with Crippen LogP contribution in [-0.4, -0.2) is 11.1 Å². The zero-order valence-electron chi connectivity index (χ0n) is 19.3. The van der Waals surface area contributed by atoms with Crippen molar-refractivity contribution in [1.82, 2.24) is 0 Å². The van der Waals surface area contributed by atoms with Gasteiger partial charge in [-0.15, -0.1) is 0 Å². The number of thioether (sulfide) groups is 1. The number of anilines is 1. The lowest BCUT2D eigenvalue weighted by molar-refractivity contribution is -0.113. The van der Waals surface area contributed by atoms with Crippen LogP contribution in [0, 0.1) is 5.82 Å². The molecule has 4 aromatic carbocycles. The summed E-state index contributed by atoms with van der Waals surface area (Å²) in [5.74, 6) is 0.206. The smallest absolute Gasteiger partial charge is 0.271 e. The lowest BCUT2D eigenvalue weighted by Crippen LogP contribution is -2.28. The average molecular weight is 549 g/mol. The first-order valence-electron chi connectivity index (χ1n) is 11.3. The van der Waals surface area contributed by atoms with Crippen LogP contribution in [-0.2, 0) is 11.4 Å². The zero-order chi connectivity index (χ0) is 25.8. The van der Waals surface area contributed by atoms with E-state index >= 15 is 0 Å². The molecule has 0 radical (unpaired) electrons. The van der Waals surface area contributed by atoms with Crippen LogP contribution in [0.2, 0.25) is 10.0 Å². The molecule has 0 aromatic heterocycles. The van der Waals surface area contributed by atoms with E-state index in [1.54, 1.807) is 65.6 Å². The molecule has 1 amide bonds. The van der Waals surface area contributed by atoms with Crippen molar-refractivity contribution in [2.24, 2.45) is 4.99 Å². The summed E-state index contributed by atoms with van der Waals surface area (Å²) < 4.78 is 18.9. The summed E-state index contributed by atoms with van der Waals surface area (Å²) in [6.45, 7) is 0.329. The van der Waals surface area contributed by atoms with Gasteiger partial charge in [0.25, 0.3) is 5.91 Å². The highest BCUT2D eigenvalue weighted by molar-refractivity contribution is 8.19. The summed E-state index contributed by atoms with van der Waals surface area (Å²) in [5.41, 5.74) is 3.06. The predicted molar refractivity (Wildman–Crippen MR) is 150 cm³/mol. The van der Waals surface area contributed by atoms with Gasteiger partial charge in [-0.1, -0.05) is 47.5 Å². The van der Waals surface area contributed by atoms with Crippen LogP contribution in [0.15, 0.2) is 107 Å². The summed E-state index contributed by atoms with van der Waals surface area (Å²) in [5, 5.41) is 1.72. The molecule has 4 aromatic rings. The van der Waals surface area contributed by atoms with E-state index in [0.29, 0.717) is 43.8 Å². The Morgan fingerprint density at radius 1 is 0.838 bits per heavy atom. The van der Waals surface area contributed by atoms with Crippen molar-refractivity contribution in [3.63, 3.8) is 0 Å². The lowest BCUT2D eigenvalue weighted by Gasteiger charge is -2.15. The fraction of sp³-hybridized carbons (Fsp3) is 0.0345. The van der Waals surface area contributed by atoms with E-state index in [1.165, 1.54) is 23.9 Å². The number of benzene rings is 4. The minimum absolute atomic E-state index is 0.184. The molecule has 0 aliphatic carbocycles. The number of hydrogen-bond donors (Lipinski definition) is 0. The number of carbonyl (C=O) groups is 1. The van der Waals surface area contributed by atoms with Gasteiger partial charge >= 0.3 is 0 Å². The van der Waals surface area contributed by atoms with E-state index in [0.717, 1.165) is 11.1 Å².